The van der Waals surface area contributed by atoms with Gasteiger partial charge in [-0.05, 0) is 27.2 Å². The largest absolute Gasteiger partial charge is 0.444 e. The fourth-order valence-electron chi connectivity index (χ4n) is 2.55. The van der Waals surface area contributed by atoms with E-state index in [1.54, 1.807) is 7.05 Å². The van der Waals surface area contributed by atoms with Gasteiger partial charge in [-0.3, -0.25) is 0 Å². The van der Waals surface area contributed by atoms with Gasteiger partial charge in [-0.1, -0.05) is 30.3 Å². The van der Waals surface area contributed by atoms with Crippen molar-refractivity contribution in [3.63, 3.8) is 0 Å². The molecule has 0 saturated carbocycles. The van der Waals surface area contributed by atoms with E-state index in [-0.39, 0.29) is 23.1 Å². The molecular weight excluding hydrogens is 398 g/mol. The van der Waals surface area contributed by atoms with Crippen LogP contribution < -0.4 is 0 Å². The molecule has 4 aromatic rings. The zero-order valence-electron chi connectivity index (χ0n) is 15.0. The Kier molecular flexibility index (Phi) is 4.91. The number of hydrogen-bond donors (Lipinski definition) is 0. The molecule has 3 heterocycles. The van der Waals surface area contributed by atoms with Crippen molar-refractivity contribution in [2.24, 2.45) is 7.05 Å². The Morgan fingerprint density at radius 3 is 2.72 bits per heavy atom. The molecule has 0 bridgehead atoms. The van der Waals surface area contributed by atoms with Gasteiger partial charge in [-0.2, -0.15) is 0 Å². The normalized spacial score (nSPS) is 10.9. The Labute approximate surface area is 167 Å². The van der Waals surface area contributed by atoms with Gasteiger partial charge in [0.15, 0.2) is 10.7 Å². The SMILES string of the molecule is Cn1cnc([N+](=O)[O-])c1Sc1ncnc2c1ncn2C(=O)OCc1ccccc1. The van der Waals surface area contributed by atoms with Crippen LogP contribution in [0, 0.1) is 10.1 Å². The summed E-state index contributed by atoms with van der Waals surface area (Å²) in [5.74, 6) is -0.286. The summed E-state index contributed by atoms with van der Waals surface area (Å²) in [4.78, 5) is 39.3. The summed E-state index contributed by atoms with van der Waals surface area (Å²) in [6.07, 6.45) is 3.25. The highest BCUT2D eigenvalue weighted by atomic mass is 32.2. The number of fused-ring (bicyclic) bond motifs is 1. The minimum absolute atomic E-state index is 0.104. The van der Waals surface area contributed by atoms with E-state index in [0.717, 1.165) is 17.3 Å². The maximum atomic E-state index is 12.4. The molecule has 0 aliphatic carbocycles. The zero-order chi connectivity index (χ0) is 20.4. The zero-order valence-corrected chi connectivity index (χ0v) is 15.8. The average molecular weight is 411 g/mol. The standard InChI is InChI=1S/C17H13N7O4S/c1-22-9-21-14(24(26)27)16(22)29-15-12-13(18-8-19-15)23(10-20-12)17(25)28-7-11-5-3-2-4-6-11/h2-6,8-10H,7H2,1H3. The van der Waals surface area contributed by atoms with Crippen molar-refractivity contribution in [3.8, 4) is 0 Å². The number of carbonyl (C=O) groups is 1. The number of benzene rings is 1. The number of nitro groups is 1. The lowest BCUT2D eigenvalue weighted by Crippen LogP contribution is -2.13. The van der Waals surface area contributed by atoms with Crippen LogP contribution in [0.15, 0.2) is 59.4 Å². The third kappa shape index (κ3) is 3.65. The second kappa shape index (κ2) is 7.67. The highest BCUT2D eigenvalue weighted by Gasteiger charge is 2.24. The quantitative estimate of drug-likeness (QED) is 0.276. The fraction of sp³-hybridized carbons (Fsp3) is 0.118. The molecule has 4 rings (SSSR count). The van der Waals surface area contributed by atoms with Crippen LogP contribution in [0.3, 0.4) is 0 Å². The summed E-state index contributed by atoms with van der Waals surface area (Å²) >= 11 is 1.02. The lowest BCUT2D eigenvalue weighted by molar-refractivity contribution is -0.392. The topological polar surface area (TPSA) is 131 Å². The van der Waals surface area contributed by atoms with Crippen LogP contribution in [0.5, 0.6) is 0 Å². The lowest BCUT2D eigenvalue weighted by Gasteiger charge is -2.06. The van der Waals surface area contributed by atoms with Crippen molar-refractivity contribution in [1.82, 2.24) is 29.1 Å². The second-order valence-electron chi connectivity index (χ2n) is 5.85. The Hall–Kier alpha value is -3.80. The smallest absolute Gasteiger partial charge is 0.421 e. The highest BCUT2D eigenvalue weighted by molar-refractivity contribution is 7.99. The molecule has 0 aliphatic rings. The summed E-state index contributed by atoms with van der Waals surface area (Å²) in [6.45, 7) is 0.104. The van der Waals surface area contributed by atoms with E-state index >= 15 is 0 Å². The van der Waals surface area contributed by atoms with Gasteiger partial charge in [0.05, 0.1) is 0 Å². The third-order valence-electron chi connectivity index (χ3n) is 3.93. The monoisotopic (exact) mass is 411 g/mol. The molecule has 11 nitrogen and oxygen atoms in total. The molecule has 0 spiro atoms. The van der Waals surface area contributed by atoms with Crippen molar-refractivity contribution in [2.45, 2.75) is 16.7 Å². The number of nitrogens with zero attached hydrogens (tertiary/aromatic N) is 7. The molecule has 0 atom stereocenters. The first kappa shape index (κ1) is 18.6. The van der Waals surface area contributed by atoms with E-state index in [9.17, 15) is 14.9 Å². The predicted molar refractivity (Wildman–Crippen MR) is 101 cm³/mol. The van der Waals surface area contributed by atoms with E-state index in [1.807, 2.05) is 30.3 Å². The number of carbonyl (C=O) groups excluding carboxylic acids is 1. The molecule has 0 amide bonds. The maximum absolute atomic E-state index is 12.4. The fourth-order valence-corrected chi connectivity index (χ4v) is 3.48. The van der Waals surface area contributed by atoms with Crippen LogP contribution in [0.25, 0.3) is 11.2 Å². The molecule has 3 aromatic heterocycles. The molecule has 0 radical (unpaired) electrons. The van der Waals surface area contributed by atoms with Gasteiger partial charge in [0.2, 0.25) is 6.33 Å². The first-order valence-electron chi connectivity index (χ1n) is 8.27. The third-order valence-corrected chi connectivity index (χ3v) is 5.09. The molecule has 29 heavy (non-hydrogen) atoms. The van der Waals surface area contributed by atoms with Crippen LogP contribution in [-0.2, 0) is 18.4 Å². The molecule has 12 heteroatoms. The van der Waals surface area contributed by atoms with Crippen LogP contribution in [0.1, 0.15) is 5.56 Å². The molecule has 1 aromatic carbocycles. The minimum Gasteiger partial charge on any atom is -0.444 e. The summed E-state index contributed by atoms with van der Waals surface area (Å²) in [5, 5.41) is 11.8. The lowest BCUT2D eigenvalue weighted by atomic mass is 10.2. The molecule has 0 saturated heterocycles. The van der Waals surface area contributed by atoms with Crippen molar-refractivity contribution in [2.75, 3.05) is 0 Å². The Bertz CT molecular complexity index is 1210. The second-order valence-corrected chi connectivity index (χ2v) is 6.83. The average Bonchev–Trinajstić information content (AvgIpc) is 3.32. The Morgan fingerprint density at radius 1 is 1.17 bits per heavy atom. The van der Waals surface area contributed by atoms with Crippen molar-refractivity contribution >= 4 is 34.8 Å². The minimum atomic E-state index is -0.641. The van der Waals surface area contributed by atoms with E-state index < -0.39 is 11.0 Å². The van der Waals surface area contributed by atoms with Gasteiger partial charge >= 0.3 is 11.9 Å². The Morgan fingerprint density at radius 2 is 1.97 bits per heavy atom. The van der Waals surface area contributed by atoms with Crippen molar-refractivity contribution < 1.29 is 14.5 Å². The van der Waals surface area contributed by atoms with Crippen LogP contribution in [0.4, 0.5) is 10.6 Å². The summed E-state index contributed by atoms with van der Waals surface area (Å²) in [5.41, 5.74) is 1.41. The number of rotatable bonds is 5. The molecule has 0 unspecified atom stereocenters. The number of hydrogen-bond acceptors (Lipinski definition) is 9. The van der Waals surface area contributed by atoms with Crippen LogP contribution in [0.2, 0.25) is 0 Å². The van der Waals surface area contributed by atoms with Crippen LogP contribution in [-0.4, -0.2) is 40.1 Å². The van der Waals surface area contributed by atoms with Gasteiger partial charge in [-0.15, -0.1) is 0 Å². The van der Waals surface area contributed by atoms with E-state index in [4.69, 9.17) is 4.74 Å². The van der Waals surface area contributed by atoms with Crippen LogP contribution >= 0.6 is 11.8 Å². The number of aromatic nitrogens is 6. The Balaban J connectivity index is 1.61. The van der Waals surface area contributed by atoms with Crippen molar-refractivity contribution in [1.29, 1.82) is 0 Å². The van der Waals surface area contributed by atoms with Gasteiger partial charge in [0, 0.05) is 7.05 Å². The highest BCUT2D eigenvalue weighted by Crippen LogP contribution is 2.35. The van der Waals surface area contributed by atoms with E-state index in [0.29, 0.717) is 10.5 Å². The number of ether oxygens (including phenoxy) is 1. The van der Waals surface area contributed by atoms with Crippen molar-refractivity contribution in [3.05, 3.63) is 65.0 Å². The molecule has 0 fully saturated rings. The first-order chi connectivity index (χ1) is 14.0. The van der Waals surface area contributed by atoms with E-state index in [2.05, 4.69) is 19.9 Å². The predicted octanol–water partition coefficient (Wildman–Crippen LogP) is 2.80. The maximum Gasteiger partial charge on any atom is 0.421 e. The summed E-state index contributed by atoms with van der Waals surface area (Å²) in [6, 6.07) is 9.26. The van der Waals surface area contributed by atoms with Gasteiger partial charge in [-0.25, -0.2) is 24.3 Å². The first-order valence-corrected chi connectivity index (χ1v) is 9.09. The number of imidazole rings is 2. The summed E-state index contributed by atoms with van der Waals surface area (Å²) < 4.78 is 7.99. The van der Waals surface area contributed by atoms with E-state index in [1.165, 1.54) is 28.1 Å². The molecular formula is C17H13N7O4S. The summed E-state index contributed by atoms with van der Waals surface area (Å²) in [7, 11) is 1.64. The van der Waals surface area contributed by atoms with Gasteiger partial charge in [0.25, 0.3) is 0 Å². The van der Waals surface area contributed by atoms with Gasteiger partial charge < -0.3 is 19.4 Å². The van der Waals surface area contributed by atoms with Gasteiger partial charge in [0.1, 0.15) is 29.8 Å². The molecule has 0 N–H and O–H groups in total. The number of aryl methyl sites for hydroxylation is 1. The molecule has 0 aliphatic heterocycles. The molecule has 146 valence electrons.